The van der Waals surface area contributed by atoms with Gasteiger partial charge in [-0.3, -0.25) is 19.3 Å². The second-order valence-electron chi connectivity index (χ2n) is 10.3. The normalized spacial score (nSPS) is 11.0. The Balaban J connectivity index is 3.89. The van der Waals surface area contributed by atoms with Crippen LogP contribution in [0.2, 0.25) is 0 Å². The smallest absolute Gasteiger partial charge is 0.323 e. The summed E-state index contributed by atoms with van der Waals surface area (Å²) in [5.41, 5.74) is 0. The van der Waals surface area contributed by atoms with Crippen LogP contribution in [0.25, 0.3) is 0 Å². The monoisotopic (exact) mass is 495 g/mol. The van der Waals surface area contributed by atoms with Crippen molar-refractivity contribution in [1.82, 2.24) is 4.90 Å². The molecular weight excluding hydrogens is 438 g/mol. The Morgan fingerprint density at radius 2 is 0.714 bits per heavy atom. The second kappa shape index (κ2) is 25.7. The van der Waals surface area contributed by atoms with Crippen molar-refractivity contribution in [3.05, 3.63) is 0 Å². The first kappa shape index (κ1) is 33.6. The summed E-state index contributed by atoms with van der Waals surface area (Å²) in [5.74, 6) is -1.77. The van der Waals surface area contributed by atoms with Gasteiger partial charge in [0.05, 0.1) is 0 Å². The van der Waals surface area contributed by atoms with Gasteiger partial charge in [-0.1, -0.05) is 142 Å². The number of nitrogens with zero attached hydrogens (tertiary/aromatic N) is 1. The zero-order valence-corrected chi connectivity index (χ0v) is 23.3. The number of unbranched alkanes of at least 4 members (excludes halogenated alkanes) is 20. The van der Waals surface area contributed by atoms with Crippen molar-refractivity contribution in [2.45, 2.75) is 168 Å². The van der Waals surface area contributed by atoms with Crippen LogP contribution in [0.5, 0.6) is 0 Å². The minimum absolute atomic E-state index is 0.272. The zero-order chi connectivity index (χ0) is 26.0. The first-order chi connectivity index (χ1) is 17.0. The molecule has 0 aliphatic rings. The lowest BCUT2D eigenvalue weighted by atomic mass is 10.0. The van der Waals surface area contributed by atoms with Crippen molar-refractivity contribution in [2.75, 3.05) is 6.54 Å². The lowest BCUT2D eigenvalue weighted by Gasteiger charge is -2.19. The molecule has 1 N–H and O–H groups in total. The minimum Gasteiger partial charge on any atom is -0.480 e. The molecule has 0 aromatic carbocycles. The Labute approximate surface area is 216 Å². The van der Waals surface area contributed by atoms with Crippen molar-refractivity contribution >= 4 is 17.8 Å². The van der Waals surface area contributed by atoms with E-state index in [1.807, 2.05) is 0 Å². The first-order valence-electron chi connectivity index (χ1n) is 15.1. The van der Waals surface area contributed by atoms with Gasteiger partial charge in [0.15, 0.2) is 0 Å². The summed E-state index contributed by atoms with van der Waals surface area (Å²) in [6.07, 6.45) is 26.9. The molecule has 0 aliphatic carbocycles. The van der Waals surface area contributed by atoms with E-state index in [-0.39, 0.29) is 24.7 Å². The van der Waals surface area contributed by atoms with Gasteiger partial charge in [0.1, 0.15) is 6.54 Å². The molecule has 0 aromatic heterocycles. The van der Waals surface area contributed by atoms with Gasteiger partial charge in [-0.15, -0.1) is 0 Å². The number of carbonyl (C=O) groups excluding carboxylic acids is 2. The number of aliphatic carboxylic acids is 1. The van der Waals surface area contributed by atoms with Crippen LogP contribution in [0, 0.1) is 0 Å². The number of amides is 2. The van der Waals surface area contributed by atoms with Crippen molar-refractivity contribution < 1.29 is 19.5 Å². The SMILES string of the molecule is CCCCCCCCCCCCCC(=O)N(CC(=O)O)C(=O)CCCCCCCCCCCCC. The van der Waals surface area contributed by atoms with Crippen LogP contribution in [-0.4, -0.2) is 34.3 Å². The van der Waals surface area contributed by atoms with Gasteiger partial charge in [0.2, 0.25) is 11.8 Å². The van der Waals surface area contributed by atoms with Gasteiger partial charge >= 0.3 is 5.97 Å². The van der Waals surface area contributed by atoms with Crippen molar-refractivity contribution in [2.24, 2.45) is 0 Å². The van der Waals surface area contributed by atoms with Crippen molar-refractivity contribution in [3.63, 3.8) is 0 Å². The number of hydrogen-bond acceptors (Lipinski definition) is 3. The highest BCUT2D eigenvalue weighted by molar-refractivity contribution is 5.97. The summed E-state index contributed by atoms with van der Waals surface area (Å²) >= 11 is 0. The van der Waals surface area contributed by atoms with Crippen LogP contribution < -0.4 is 0 Å². The molecule has 5 heteroatoms. The zero-order valence-electron chi connectivity index (χ0n) is 23.3. The summed E-state index contributed by atoms with van der Waals surface area (Å²) in [6.45, 7) is 3.97. The molecule has 5 nitrogen and oxygen atoms in total. The van der Waals surface area contributed by atoms with Gasteiger partial charge in [-0.05, 0) is 12.8 Å². The predicted molar refractivity (Wildman–Crippen MR) is 147 cm³/mol. The van der Waals surface area contributed by atoms with E-state index in [1.165, 1.54) is 103 Å². The molecule has 0 bridgehead atoms. The molecule has 0 spiro atoms. The highest BCUT2D eigenvalue weighted by Crippen LogP contribution is 2.15. The molecule has 0 unspecified atom stereocenters. The number of imide groups is 1. The third-order valence-electron chi connectivity index (χ3n) is 6.88. The van der Waals surface area contributed by atoms with Gasteiger partial charge in [-0.25, -0.2) is 0 Å². The van der Waals surface area contributed by atoms with Gasteiger partial charge in [-0.2, -0.15) is 0 Å². The maximum Gasteiger partial charge on any atom is 0.323 e. The van der Waals surface area contributed by atoms with Crippen LogP contribution in [0.4, 0.5) is 0 Å². The standard InChI is InChI=1S/C30H57NO4/c1-3-5-7-9-11-13-15-17-19-21-23-25-28(32)31(27-30(34)35)29(33)26-24-22-20-18-16-14-12-10-8-6-4-2/h3-27H2,1-2H3,(H,34,35). The fourth-order valence-electron chi connectivity index (χ4n) is 4.60. The van der Waals surface area contributed by atoms with E-state index in [2.05, 4.69) is 13.8 Å². The molecule has 0 aliphatic heterocycles. The summed E-state index contributed by atoms with van der Waals surface area (Å²) < 4.78 is 0. The third-order valence-corrected chi connectivity index (χ3v) is 6.88. The van der Waals surface area contributed by atoms with E-state index < -0.39 is 12.5 Å². The predicted octanol–water partition coefficient (Wildman–Crippen LogP) is 8.83. The molecule has 0 rings (SSSR count). The van der Waals surface area contributed by atoms with E-state index in [4.69, 9.17) is 5.11 Å². The summed E-state index contributed by atoms with van der Waals surface area (Å²) in [4.78, 5) is 37.2. The molecule has 0 aromatic rings. The highest BCUT2D eigenvalue weighted by atomic mass is 16.4. The van der Waals surface area contributed by atoms with Crippen LogP contribution in [0.1, 0.15) is 168 Å². The number of carboxylic acids is 1. The Bertz CT molecular complexity index is 482. The van der Waals surface area contributed by atoms with E-state index in [0.29, 0.717) is 0 Å². The van der Waals surface area contributed by atoms with E-state index in [0.717, 1.165) is 43.4 Å². The Hall–Kier alpha value is -1.39. The lowest BCUT2D eigenvalue weighted by Crippen LogP contribution is -2.40. The van der Waals surface area contributed by atoms with E-state index in [9.17, 15) is 14.4 Å². The highest BCUT2D eigenvalue weighted by Gasteiger charge is 2.23. The topological polar surface area (TPSA) is 74.7 Å². The molecule has 206 valence electrons. The molecule has 0 atom stereocenters. The Morgan fingerprint density at radius 3 is 0.971 bits per heavy atom. The van der Waals surface area contributed by atoms with Crippen molar-refractivity contribution in [1.29, 1.82) is 0 Å². The number of carboxylic acid groups (broad SMARTS) is 1. The number of carbonyl (C=O) groups is 3. The average Bonchev–Trinajstić information content (AvgIpc) is 2.84. The van der Waals surface area contributed by atoms with Crippen LogP contribution in [-0.2, 0) is 14.4 Å². The molecule has 0 heterocycles. The minimum atomic E-state index is -1.12. The van der Waals surface area contributed by atoms with Gasteiger partial charge < -0.3 is 5.11 Å². The molecule has 35 heavy (non-hydrogen) atoms. The second-order valence-corrected chi connectivity index (χ2v) is 10.3. The van der Waals surface area contributed by atoms with Crippen LogP contribution >= 0.6 is 0 Å². The molecule has 0 radical (unpaired) electrons. The first-order valence-corrected chi connectivity index (χ1v) is 15.1. The molecular formula is C30H57NO4. The van der Waals surface area contributed by atoms with Crippen LogP contribution in [0.15, 0.2) is 0 Å². The fraction of sp³-hybridized carbons (Fsp3) is 0.900. The Morgan fingerprint density at radius 1 is 0.457 bits per heavy atom. The van der Waals surface area contributed by atoms with E-state index >= 15 is 0 Å². The largest absolute Gasteiger partial charge is 0.480 e. The molecule has 0 saturated carbocycles. The maximum atomic E-state index is 12.5. The van der Waals surface area contributed by atoms with Crippen molar-refractivity contribution in [3.8, 4) is 0 Å². The summed E-state index contributed by atoms with van der Waals surface area (Å²) in [5, 5.41) is 9.16. The molecule has 0 fully saturated rings. The van der Waals surface area contributed by atoms with Crippen LogP contribution in [0.3, 0.4) is 0 Å². The van der Waals surface area contributed by atoms with Gasteiger partial charge in [0, 0.05) is 12.8 Å². The lowest BCUT2D eigenvalue weighted by molar-refractivity contribution is -0.152. The quantitative estimate of drug-likeness (QED) is 0.122. The van der Waals surface area contributed by atoms with E-state index in [1.54, 1.807) is 0 Å². The number of rotatable bonds is 26. The number of hydrogen-bond donors (Lipinski definition) is 1. The van der Waals surface area contributed by atoms with Gasteiger partial charge in [0.25, 0.3) is 0 Å². The third kappa shape index (κ3) is 22.8. The molecule has 2 amide bonds. The Kier molecular flexibility index (Phi) is 24.7. The maximum absolute atomic E-state index is 12.5. The summed E-state index contributed by atoms with van der Waals surface area (Å²) in [6, 6.07) is 0. The molecule has 0 saturated heterocycles. The summed E-state index contributed by atoms with van der Waals surface area (Å²) in [7, 11) is 0. The fourth-order valence-corrected chi connectivity index (χ4v) is 4.60. The average molecular weight is 496 g/mol.